The molecule has 0 spiro atoms. The van der Waals surface area contributed by atoms with Crippen LogP contribution >= 0.6 is 0 Å². The number of likely N-dealkylation sites (N-methyl/N-ethyl adjacent to an activating group) is 1. The number of aromatic nitrogens is 2. The van der Waals surface area contributed by atoms with Crippen LogP contribution in [0.3, 0.4) is 0 Å². The normalized spacial score (nSPS) is 15.9. The topological polar surface area (TPSA) is 97.0 Å². The maximum Gasteiger partial charge on any atom is 0.307 e. The zero-order valence-corrected chi connectivity index (χ0v) is 17.4. The van der Waals surface area contributed by atoms with Crippen LogP contribution < -0.4 is 9.47 Å². The number of ether oxygens (including phenoxy) is 2. The van der Waals surface area contributed by atoms with Crippen LogP contribution in [0.1, 0.15) is 22.9 Å². The van der Waals surface area contributed by atoms with Crippen LogP contribution in [0.5, 0.6) is 17.2 Å². The van der Waals surface area contributed by atoms with E-state index in [1.54, 1.807) is 36.7 Å². The second-order valence-electron chi connectivity index (χ2n) is 7.86. The van der Waals surface area contributed by atoms with Crippen LogP contribution in [0, 0.1) is 0 Å². The van der Waals surface area contributed by atoms with Crippen LogP contribution in [0.2, 0.25) is 0 Å². The molecule has 1 aromatic heterocycles. The van der Waals surface area contributed by atoms with E-state index in [-0.39, 0.29) is 18.2 Å². The predicted molar refractivity (Wildman–Crippen MR) is 114 cm³/mol. The first kappa shape index (κ1) is 20.7. The number of benzene rings is 2. The SMILES string of the molecule is CN(C)CCc1cn(C(c2ccc(O)cc2)C2Oc3ccc(CC(=O)O)cc3O2)cn1. The molecule has 2 aromatic carbocycles. The number of carbonyl (C=O) groups is 1. The average Bonchev–Trinajstić information content (AvgIpc) is 3.34. The summed E-state index contributed by atoms with van der Waals surface area (Å²) >= 11 is 0. The fourth-order valence-corrected chi connectivity index (χ4v) is 3.57. The lowest BCUT2D eigenvalue weighted by molar-refractivity contribution is -0.136. The number of aromatic hydroxyl groups is 1. The van der Waals surface area contributed by atoms with Gasteiger partial charge in [-0.1, -0.05) is 18.2 Å². The number of phenols is 1. The molecule has 0 saturated carbocycles. The van der Waals surface area contributed by atoms with E-state index in [9.17, 15) is 9.90 Å². The molecule has 8 heteroatoms. The van der Waals surface area contributed by atoms with E-state index < -0.39 is 12.3 Å². The number of phenolic OH excluding ortho intramolecular Hbond substituents is 1. The van der Waals surface area contributed by atoms with Crippen molar-refractivity contribution in [2.75, 3.05) is 20.6 Å². The van der Waals surface area contributed by atoms with E-state index >= 15 is 0 Å². The average molecular weight is 423 g/mol. The monoisotopic (exact) mass is 423 g/mol. The Morgan fingerprint density at radius 1 is 1.16 bits per heavy atom. The van der Waals surface area contributed by atoms with E-state index in [4.69, 9.17) is 14.6 Å². The minimum atomic E-state index is -0.902. The van der Waals surface area contributed by atoms with Crippen molar-refractivity contribution in [3.8, 4) is 17.2 Å². The van der Waals surface area contributed by atoms with Crippen molar-refractivity contribution in [1.29, 1.82) is 0 Å². The lowest BCUT2D eigenvalue weighted by Gasteiger charge is -2.24. The number of carboxylic acid groups (broad SMARTS) is 1. The number of hydrogen-bond acceptors (Lipinski definition) is 6. The fourth-order valence-electron chi connectivity index (χ4n) is 3.57. The number of carboxylic acids is 1. The first-order chi connectivity index (χ1) is 14.9. The predicted octanol–water partition coefficient (Wildman–Crippen LogP) is 2.71. The van der Waals surface area contributed by atoms with Crippen LogP contribution in [0.25, 0.3) is 0 Å². The van der Waals surface area contributed by atoms with Gasteiger partial charge in [0.1, 0.15) is 11.8 Å². The molecule has 0 amide bonds. The summed E-state index contributed by atoms with van der Waals surface area (Å²) in [4.78, 5) is 17.7. The quantitative estimate of drug-likeness (QED) is 0.575. The van der Waals surface area contributed by atoms with E-state index in [1.165, 1.54) is 0 Å². The lowest BCUT2D eigenvalue weighted by Crippen LogP contribution is -2.31. The third-order valence-electron chi connectivity index (χ3n) is 5.13. The zero-order chi connectivity index (χ0) is 22.0. The molecule has 1 aliphatic heterocycles. The van der Waals surface area contributed by atoms with Gasteiger partial charge < -0.3 is 29.2 Å². The number of nitrogens with zero attached hydrogens (tertiary/aromatic N) is 3. The molecule has 2 unspecified atom stereocenters. The van der Waals surface area contributed by atoms with Gasteiger partial charge in [0, 0.05) is 19.2 Å². The van der Waals surface area contributed by atoms with Gasteiger partial charge in [0.05, 0.1) is 18.4 Å². The Morgan fingerprint density at radius 2 is 1.90 bits per heavy atom. The summed E-state index contributed by atoms with van der Waals surface area (Å²) in [5.41, 5.74) is 2.49. The molecule has 0 saturated heterocycles. The van der Waals surface area contributed by atoms with Gasteiger partial charge in [-0.25, -0.2) is 4.98 Å². The Labute approximate surface area is 180 Å². The Hall–Kier alpha value is -3.52. The number of aliphatic carboxylic acids is 1. The summed E-state index contributed by atoms with van der Waals surface area (Å²) in [6.45, 7) is 0.884. The minimum Gasteiger partial charge on any atom is -0.508 e. The van der Waals surface area contributed by atoms with E-state index in [0.717, 1.165) is 24.2 Å². The molecule has 8 nitrogen and oxygen atoms in total. The Kier molecular flexibility index (Phi) is 5.81. The molecule has 2 atom stereocenters. The molecule has 4 rings (SSSR count). The van der Waals surface area contributed by atoms with Gasteiger partial charge in [-0.2, -0.15) is 0 Å². The summed E-state index contributed by atoms with van der Waals surface area (Å²) in [7, 11) is 4.04. The summed E-state index contributed by atoms with van der Waals surface area (Å²) in [6, 6.07) is 11.7. The molecule has 0 bridgehead atoms. The lowest BCUT2D eigenvalue weighted by atomic mass is 10.1. The number of hydrogen-bond donors (Lipinski definition) is 2. The van der Waals surface area contributed by atoms with Crippen molar-refractivity contribution in [3.63, 3.8) is 0 Å². The van der Waals surface area contributed by atoms with Crippen molar-refractivity contribution in [2.45, 2.75) is 25.2 Å². The van der Waals surface area contributed by atoms with Crippen LogP contribution in [0.15, 0.2) is 55.0 Å². The van der Waals surface area contributed by atoms with Gasteiger partial charge in [-0.3, -0.25) is 4.79 Å². The molecule has 0 radical (unpaired) electrons. The van der Waals surface area contributed by atoms with Gasteiger partial charge in [-0.05, 0) is 49.5 Å². The first-order valence-corrected chi connectivity index (χ1v) is 10.0. The van der Waals surface area contributed by atoms with Gasteiger partial charge in [0.2, 0.25) is 0 Å². The van der Waals surface area contributed by atoms with E-state index in [0.29, 0.717) is 17.1 Å². The molecular weight excluding hydrogens is 398 g/mol. The largest absolute Gasteiger partial charge is 0.508 e. The Balaban J connectivity index is 1.62. The highest BCUT2D eigenvalue weighted by Crippen LogP contribution is 2.40. The van der Waals surface area contributed by atoms with Crippen molar-refractivity contribution in [3.05, 3.63) is 71.8 Å². The molecule has 3 aromatic rings. The van der Waals surface area contributed by atoms with Crippen molar-refractivity contribution in [1.82, 2.24) is 14.5 Å². The summed E-state index contributed by atoms with van der Waals surface area (Å²) in [5, 5.41) is 18.8. The van der Waals surface area contributed by atoms with Gasteiger partial charge in [0.15, 0.2) is 11.5 Å². The smallest absolute Gasteiger partial charge is 0.307 e. The molecule has 0 aliphatic carbocycles. The molecule has 2 heterocycles. The van der Waals surface area contributed by atoms with E-state index in [2.05, 4.69) is 9.88 Å². The standard InChI is InChI=1S/C23H25N3O5/c1-25(2)10-9-17-13-26(14-24-17)22(16-4-6-18(27)7-5-16)23-30-19-8-3-15(12-21(28)29)11-20(19)31-23/h3-8,11,13-14,22-23,27H,9-10,12H2,1-2H3,(H,28,29). The third-order valence-corrected chi connectivity index (χ3v) is 5.13. The molecule has 1 aliphatic rings. The number of fused-ring (bicyclic) bond motifs is 1. The number of imidazole rings is 1. The summed E-state index contributed by atoms with van der Waals surface area (Å²) < 4.78 is 14.1. The molecule has 0 fully saturated rings. The Bertz CT molecular complexity index is 1060. The van der Waals surface area contributed by atoms with Crippen LogP contribution in [-0.2, 0) is 17.6 Å². The molecule has 162 valence electrons. The maximum absolute atomic E-state index is 11.0. The second-order valence-corrected chi connectivity index (χ2v) is 7.86. The number of rotatable bonds is 8. The van der Waals surface area contributed by atoms with Crippen LogP contribution in [-0.4, -0.2) is 57.6 Å². The molecule has 31 heavy (non-hydrogen) atoms. The maximum atomic E-state index is 11.0. The Morgan fingerprint density at radius 3 is 2.61 bits per heavy atom. The van der Waals surface area contributed by atoms with Gasteiger partial charge in [-0.15, -0.1) is 0 Å². The second kappa shape index (κ2) is 8.69. The summed E-state index contributed by atoms with van der Waals surface area (Å²) in [5.74, 6) is 0.354. The minimum absolute atomic E-state index is 0.0839. The highest BCUT2D eigenvalue weighted by Gasteiger charge is 2.35. The highest BCUT2D eigenvalue weighted by atomic mass is 16.7. The fraction of sp³-hybridized carbons (Fsp3) is 0.304. The summed E-state index contributed by atoms with van der Waals surface area (Å²) in [6.07, 6.45) is 3.80. The van der Waals surface area contributed by atoms with Crippen molar-refractivity contribution < 1.29 is 24.5 Å². The van der Waals surface area contributed by atoms with Crippen molar-refractivity contribution in [2.24, 2.45) is 0 Å². The highest BCUT2D eigenvalue weighted by molar-refractivity contribution is 5.70. The zero-order valence-electron chi connectivity index (χ0n) is 17.4. The van der Waals surface area contributed by atoms with E-state index in [1.807, 2.05) is 37.0 Å². The van der Waals surface area contributed by atoms with Gasteiger partial charge in [0.25, 0.3) is 6.29 Å². The molecular formula is C23H25N3O5. The van der Waals surface area contributed by atoms with Gasteiger partial charge >= 0.3 is 5.97 Å². The third kappa shape index (κ3) is 4.80. The van der Waals surface area contributed by atoms with Crippen molar-refractivity contribution >= 4 is 5.97 Å². The van der Waals surface area contributed by atoms with Crippen LogP contribution in [0.4, 0.5) is 0 Å². The first-order valence-electron chi connectivity index (χ1n) is 10.0. The molecule has 2 N–H and O–H groups in total.